The van der Waals surface area contributed by atoms with Crippen molar-refractivity contribution in [2.24, 2.45) is 0 Å². The van der Waals surface area contributed by atoms with E-state index in [1.165, 1.54) is 66.1 Å². The van der Waals surface area contributed by atoms with Crippen LogP contribution in [0.25, 0.3) is 88.0 Å². The normalized spacial score (nSPS) is 12.6. The summed E-state index contributed by atoms with van der Waals surface area (Å²) in [5.74, 6) is 0. The van der Waals surface area contributed by atoms with Crippen LogP contribution in [0.15, 0.2) is 277 Å². The Morgan fingerprint density at radius 1 is 0.310 bits per heavy atom. The van der Waals surface area contributed by atoms with Crippen molar-refractivity contribution < 1.29 is 4.42 Å². The third kappa shape index (κ3) is 6.49. The van der Waals surface area contributed by atoms with Crippen LogP contribution in [0, 0.1) is 0 Å². The van der Waals surface area contributed by atoms with Crippen LogP contribution < -0.4 is 4.90 Å². The van der Waals surface area contributed by atoms with Crippen molar-refractivity contribution in [2.75, 3.05) is 4.90 Å². The van der Waals surface area contributed by atoms with Crippen molar-refractivity contribution in [2.45, 2.75) is 5.41 Å². The molecule has 0 aliphatic heterocycles. The van der Waals surface area contributed by atoms with E-state index in [1.807, 2.05) is 0 Å². The lowest BCUT2D eigenvalue weighted by Gasteiger charge is -2.34. The Morgan fingerprint density at radius 3 is 1.52 bits per heavy atom. The van der Waals surface area contributed by atoms with E-state index in [2.05, 4.69) is 278 Å². The number of hydrogen-bond donors (Lipinski definition) is 0. The maximum absolute atomic E-state index is 6.58. The molecule has 332 valence electrons. The monoisotopic (exact) mass is 903 g/mol. The van der Waals surface area contributed by atoms with Gasteiger partial charge < -0.3 is 9.32 Å². The Bertz CT molecular complexity index is 4100. The van der Waals surface area contributed by atoms with E-state index in [1.54, 1.807) is 0 Å². The van der Waals surface area contributed by atoms with Gasteiger partial charge in [0.15, 0.2) is 0 Å². The molecule has 1 aliphatic carbocycles. The molecule has 1 heterocycles. The molecule has 0 saturated heterocycles. The smallest absolute Gasteiger partial charge is 0.143 e. The van der Waals surface area contributed by atoms with Gasteiger partial charge in [-0.25, -0.2) is 0 Å². The fraction of sp³-hybridized carbons (Fsp3) is 0.0145. The molecule has 0 amide bonds. The molecule has 0 bridgehead atoms. The number of fused-ring (bicyclic) bond motifs is 9. The zero-order chi connectivity index (χ0) is 46.9. The molecule has 12 aromatic carbocycles. The summed E-state index contributed by atoms with van der Waals surface area (Å²) < 4.78 is 6.58. The number of furan rings is 1. The molecule has 0 fully saturated rings. The molecular formula is C69H45NO. The maximum atomic E-state index is 6.58. The lowest BCUT2D eigenvalue weighted by molar-refractivity contribution is 0.670. The minimum Gasteiger partial charge on any atom is -0.455 e. The summed E-state index contributed by atoms with van der Waals surface area (Å²) in [5.41, 5.74) is 19.0. The zero-order valence-corrected chi connectivity index (χ0v) is 38.8. The Balaban J connectivity index is 0.930. The third-order valence-electron chi connectivity index (χ3n) is 14.9. The van der Waals surface area contributed by atoms with Gasteiger partial charge in [-0.3, -0.25) is 0 Å². The highest BCUT2D eigenvalue weighted by Gasteiger charge is 2.47. The van der Waals surface area contributed by atoms with E-state index in [-0.39, 0.29) is 0 Å². The third-order valence-corrected chi connectivity index (χ3v) is 14.9. The van der Waals surface area contributed by atoms with Crippen molar-refractivity contribution in [1.29, 1.82) is 0 Å². The predicted octanol–water partition coefficient (Wildman–Crippen LogP) is 18.7. The zero-order valence-electron chi connectivity index (χ0n) is 38.8. The SMILES string of the molecule is c1ccc(-c2cccc3c2oc2ccc(-c4ccc(N(c5ccc(-c6ccc7ccc8ccccc8c7c6)cc5)c5cccc6c5-c5ccccc5C6(c5ccccc5)c5ccccc5)cc4)cc23)cc1. The van der Waals surface area contributed by atoms with E-state index in [0.29, 0.717) is 0 Å². The van der Waals surface area contributed by atoms with Crippen molar-refractivity contribution >= 4 is 60.5 Å². The molecule has 0 radical (unpaired) electrons. The highest BCUT2D eigenvalue weighted by atomic mass is 16.3. The Morgan fingerprint density at radius 2 is 0.817 bits per heavy atom. The number of para-hydroxylation sites is 1. The summed E-state index contributed by atoms with van der Waals surface area (Å²) in [6.45, 7) is 0. The maximum Gasteiger partial charge on any atom is 0.143 e. The van der Waals surface area contributed by atoms with E-state index < -0.39 is 5.41 Å². The second-order valence-electron chi connectivity index (χ2n) is 18.7. The van der Waals surface area contributed by atoms with Gasteiger partial charge in [-0.05, 0) is 126 Å². The molecular weight excluding hydrogens is 859 g/mol. The Kier molecular flexibility index (Phi) is 9.47. The quantitative estimate of drug-likeness (QED) is 0.141. The first-order chi connectivity index (χ1) is 35.2. The van der Waals surface area contributed by atoms with E-state index in [9.17, 15) is 0 Å². The van der Waals surface area contributed by atoms with Gasteiger partial charge >= 0.3 is 0 Å². The lowest BCUT2D eigenvalue weighted by atomic mass is 9.68. The first-order valence-electron chi connectivity index (χ1n) is 24.5. The summed E-state index contributed by atoms with van der Waals surface area (Å²) in [6.07, 6.45) is 0. The molecule has 14 rings (SSSR count). The topological polar surface area (TPSA) is 16.4 Å². The minimum atomic E-state index is -0.526. The number of anilines is 3. The summed E-state index contributed by atoms with van der Waals surface area (Å²) in [5, 5.41) is 7.26. The van der Waals surface area contributed by atoms with Crippen LogP contribution in [0.1, 0.15) is 22.3 Å². The van der Waals surface area contributed by atoms with Gasteiger partial charge in [-0.2, -0.15) is 0 Å². The molecule has 0 saturated carbocycles. The van der Waals surface area contributed by atoms with Gasteiger partial charge in [0.25, 0.3) is 0 Å². The number of nitrogens with zero attached hydrogens (tertiary/aromatic N) is 1. The molecule has 0 spiro atoms. The average molecular weight is 904 g/mol. The lowest BCUT2D eigenvalue weighted by Crippen LogP contribution is -2.28. The average Bonchev–Trinajstić information content (AvgIpc) is 3.99. The second-order valence-corrected chi connectivity index (χ2v) is 18.7. The van der Waals surface area contributed by atoms with Crippen LogP contribution in [0.3, 0.4) is 0 Å². The van der Waals surface area contributed by atoms with Gasteiger partial charge in [0.05, 0.1) is 11.1 Å². The van der Waals surface area contributed by atoms with Crippen molar-refractivity contribution in [1.82, 2.24) is 0 Å². The Hall–Kier alpha value is -9.24. The summed E-state index contributed by atoms with van der Waals surface area (Å²) >= 11 is 0. The molecule has 0 unspecified atom stereocenters. The minimum absolute atomic E-state index is 0.526. The molecule has 1 aromatic heterocycles. The van der Waals surface area contributed by atoms with Gasteiger partial charge in [0.1, 0.15) is 11.2 Å². The van der Waals surface area contributed by atoms with Crippen LogP contribution in [0.4, 0.5) is 17.1 Å². The largest absolute Gasteiger partial charge is 0.455 e. The van der Waals surface area contributed by atoms with Crippen LogP contribution >= 0.6 is 0 Å². The fourth-order valence-electron chi connectivity index (χ4n) is 11.7. The first kappa shape index (κ1) is 40.8. The molecule has 0 N–H and O–H groups in total. The molecule has 71 heavy (non-hydrogen) atoms. The van der Waals surface area contributed by atoms with Crippen molar-refractivity contribution in [3.63, 3.8) is 0 Å². The van der Waals surface area contributed by atoms with Crippen LogP contribution in [0.5, 0.6) is 0 Å². The van der Waals surface area contributed by atoms with Gasteiger partial charge in [-0.15, -0.1) is 0 Å². The second kappa shape index (κ2) is 16.5. The van der Waals surface area contributed by atoms with Crippen LogP contribution in [-0.2, 0) is 5.41 Å². The number of rotatable bonds is 8. The highest BCUT2D eigenvalue weighted by molar-refractivity contribution is 6.11. The van der Waals surface area contributed by atoms with Crippen LogP contribution in [0.2, 0.25) is 0 Å². The number of benzene rings is 12. The van der Waals surface area contributed by atoms with Gasteiger partial charge in [0, 0.05) is 33.3 Å². The van der Waals surface area contributed by atoms with Gasteiger partial charge in [0.2, 0.25) is 0 Å². The summed E-state index contributed by atoms with van der Waals surface area (Å²) in [6, 6.07) is 99.8. The van der Waals surface area contributed by atoms with Gasteiger partial charge in [-0.1, -0.05) is 224 Å². The van der Waals surface area contributed by atoms with Crippen molar-refractivity contribution in [3.05, 3.63) is 295 Å². The van der Waals surface area contributed by atoms with Crippen molar-refractivity contribution in [3.8, 4) is 44.5 Å². The van der Waals surface area contributed by atoms with Crippen LogP contribution in [-0.4, -0.2) is 0 Å². The standard InChI is InChI=1S/C69H45NO/c1-4-16-48(17-5-1)58-25-14-26-59-62-45-52(38-43-66(62)71-68(58)59)47-36-41-56(42-37-47)70(55-39-34-46(35-40-55)51-33-32-50-31-30-49-18-10-11-23-57(49)61(50)44-51)65-29-15-28-64-67(65)60-24-12-13-27-63(60)69(64,53-19-6-2-7-20-53)54-21-8-3-9-22-54/h1-45H. The molecule has 13 aromatic rings. The number of hydrogen-bond acceptors (Lipinski definition) is 2. The van der Waals surface area contributed by atoms with E-state index >= 15 is 0 Å². The summed E-state index contributed by atoms with van der Waals surface area (Å²) in [7, 11) is 0. The Labute approximate surface area is 413 Å². The molecule has 2 heteroatoms. The molecule has 1 aliphatic rings. The van der Waals surface area contributed by atoms with E-state index in [4.69, 9.17) is 4.42 Å². The highest BCUT2D eigenvalue weighted by Crippen LogP contribution is 2.59. The van der Waals surface area contributed by atoms with E-state index in [0.717, 1.165) is 61.3 Å². The first-order valence-corrected chi connectivity index (χ1v) is 24.5. The fourth-order valence-corrected chi connectivity index (χ4v) is 11.7. The molecule has 0 atom stereocenters. The summed E-state index contributed by atoms with van der Waals surface area (Å²) in [4.78, 5) is 2.46. The predicted molar refractivity (Wildman–Crippen MR) is 297 cm³/mol. The molecule has 2 nitrogen and oxygen atoms in total.